The predicted molar refractivity (Wildman–Crippen MR) is 53.6 cm³/mol. The third-order valence-electron chi connectivity index (χ3n) is 1.95. The molecule has 0 spiro atoms. The van der Waals surface area contributed by atoms with Crippen LogP contribution in [0.5, 0.6) is 0 Å². The Balaban J connectivity index is 2.35. The molecule has 0 atom stereocenters. The number of hydrogen-bond acceptors (Lipinski definition) is 3. The molecular formula is C10H15N3O. The van der Waals surface area contributed by atoms with E-state index < -0.39 is 0 Å². The summed E-state index contributed by atoms with van der Waals surface area (Å²) >= 11 is 0. The van der Waals surface area contributed by atoms with Crippen molar-refractivity contribution < 1.29 is 4.74 Å². The summed E-state index contributed by atoms with van der Waals surface area (Å²) in [5.74, 6) is 0. The third kappa shape index (κ3) is 3.21. The zero-order chi connectivity index (χ0) is 10.2. The van der Waals surface area contributed by atoms with Crippen molar-refractivity contribution in [2.24, 2.45) is 0 Å². The van der Waals surface area contributed by atoms with Crippen LogP contribution in [0, 0.1) is 11.3 Å². The first kappa shape index (κ1) is 10.8. The van der Waals surface area contributed by atoms with E-state index >= 15 is 0 Å². The maximum absolute atomic E-state index is 8.56. The Bertz CT molecular complexity index is 301. The van der Waals surface area contributed by atoms with Gasteiger partial charge >= 0.3 is 0 Å². The molecule has 1 heterocycles. The summed E-state index contributed by atoms with van der Waals surface area (Å²) in [5, 5.41) is 11.8. The molecule has 0 unspecified atom stereocenters. The number of ether oxygens (including phenoxy) is 1. The largest absolute Gasteiger partial charge is 0.383 e. The summed E-state index contributed by atoms with van der Waals surface area (Å²) in [7, 11) is 1.68. The molecule has 0 saturated heterocycles. The van der Waals surface area contributed by atoms with Crippen molar-refractivity contribution in [2.45, 2.75) is 13.1 Å². The van der Waals surface area contributed by atoms with Crippen LogP contribution in [-0.2, 0) is 17.8 Å². The zero-order valence-electron chi connectivity index (χ0n) is 8.36. The highest BCUT2D eigenvalue weighted by molar-refractivity contribution is 5.08. The molecule has 0 fully saturated rings. The fourth-order valence-corrected chi connectivity index (χ4v) is 1.23. The Hall–Kier alpha value is -1.31. The van der Waals surface area contributed by atoms with E-state index in [1.165, 1.54) is 0 Å². The van der Waals surface area contributed by atoms with Gasteiger partial charge in [0.05, 0.1) is 12.7 Å². The molecule has 14 heavy (non-hydrogen) atoms. The Kier molecular flexibility index (Phi) is 4.76. The van der Waals surface area contributed by atoms with Crippen LogP contribution >= 0.6 is 0 Å². The van der Waals surface area contributed by atoms with Crippen molar-refractivity contribution in [3.05, 3.63) is 24.0 Å². The lowest BCUT2D eigenvalue weighted by atomic mass is 10.4. The van der Waals surface area contributed by atoms with Gasteiger partial charge in [0.25, 0.3) is 0 Å². The van der Waals surface area contributed by atoms with E-state index in [0.717, 1.165) is 18.8 Å². The van der Waals surface area contributed by atoms with Gasteiger partial charge in [-0.25, -0.2) is 0 Å². The molecule has 0 aliphatic heterocycles. The minimum absolute atomic E-state index is 0.411. The number of nitriles is 1. The lowest BCUT2D eigenvalue weighted by Gasteiger charge is -2.06. The predicted octanol–water partition coefficient (Wildman–Crippen LogP) is 0.748. The normalized spacial score (nSPS) is 10.0. The maximum atomic E-state index is 8.56. The fourth-order valence-electron chi connectivity index (χ4n) is 1.23. The number of methoxy groups -OCH3 is 1. The van der Waals surface area contributed by atoms with Crippen molar-refractivity contribution >= 4 is 0 Å². The second kappa shape index (κ2) is 6.19. The van der Waals surface area contributed by atoms with Crippen LogP contribution < -0.4 is 5.32 Å². The third-order valence-corrected chi connectivity index (χ3v) is 1.95. The van der Waals surface area contributed by atoms with Crippen LogP contribution in [0.15, 0.2) is 18.3 Å². The van der Waals surface area contributed by atoms with E-state index in [0.29, 0.717) is 13.2 Å². The maximum Gasteiger partial charge on any atom is 0.109 e. The average Bonchev–Trinajstić information content (AvgIpc) is 2.61. The van der Waals surface area contributed by atoms with Crippen molar-refractivity contribution in [1.82, 2.24) is 9.88 Å². The summed E-state index contributed by atoms with van der Waals surface area (Å²) in [6, 6.07) is 6.08. The van der Waals surface area contributed by atoms with Gasteiger partial charge in [0.15, 0.2) is 0 Å². The highest BCUT2D eigenvalue weighted by atomic mass is 16.5. The SMILES string of the molecule is COCCNCc1cccn1CC#N. The van der Waals surface area contributed by atoms with Crippen molar-refractivity contribution in [3.8, 4) is 6.07 Å². The molecule has 4 heteroatoms. The molecule has 1 aromatic heterocycles. The quantitative estimate of drug-likeness (QED) is 0.678. The lowest BCUT2D eigenvalue weighted by Crippen LogP contribution is -2.20. The molecule has 76 valence electrons. The molecule has 0 aromatic carbocycles. The van der Waals surface area contributed by atoms with Gasteiger partial charge < -0.3 is 14.6 Å². The van der Waals surface area contributed by atoms with Gasteiger partial charge in [-0.05, 0) is 12.1 Å². The van der Waals surface area contributed by atoms with Crippen LogP contribution in [0.3, 0.4) is 0 Å². The van der Waals surface area contributed by atoms with E-state index in [2.05, 4.69) is 11.4 Å². The van der Waals surface area contributed by atoms with E-state index in [-0.39, 0.29) is 0 Å². The van der Waals surface area contributed by atoms with E-state index in [1.807, 2.05) is 22.9 Å². The van der Waals surface area contributed by atoms with Gasteiger partial charge in [-0.3, -0.25) is 0 Å². The first-order chi connectivity index (χ1) is 6.88. The van der Waals surface area contributed by atoms with E-state index in [4.69, 9.17) is 10.00 Å². The zero-order valence-corrected chi connectivity index (χ0v) is 8.36. The molecule has 1 N–H and O–H groups in total. The molecule has 0 aliphatic rings. The molecule has 0 saturated carbocycles. The Morgan fingerprint density at radius 1 is 1.64 bits per heavy atom. The number of hydrogen-bond donors (Lipinski definition) is 1. The summed E-state index contributed by atoms with van der Waals surface area (Å²) in [6.45, 7) is 2.72. The first-order valence-electron chi connectivity index (χ1n) is 4.59. The van der Waals surface area contributed by atoms with Gasteiger partial charge in [0.2, 0.25) is 0 Å². The second-order valence-electron chi connectivity index (χ2n) is 2.96. The highest BCUT2D eigenvalue weighted by Gasteiger charge is 1.98. The smallest absolute Gasteiger partial charge is 0.109 e. The topological polar surface area (TPSA) is 50.0 Å². The van der Waals surface area contributed by atoms with Gasteiger partial charge in [0.1, 0.15) is 6.54 Å². The summed E-state index contributed by atoms with van der Waals surface area (Å²) < 4.78 is 6.85. The van der Waals surface area contributed by atoms with Gasteiger partial charge in [-0.2, -0.15) is 5.26 Å². The number of aromatic nitrogens is 1. The van der Waals surface area contributed by atoms with Gasteiger partial charge in [0, 0.05) is 32.1 Å². The minimum atomic E-state index is 0.411. The molecule has 4 nitrogen and oxygen atoms in total. The molecule has 0 bridgehead atoms. The number of nitrogens with one attached hydrogen (secondary N) is 1. The standard InChI is InChI=1S/C10H15N3O/c1-14-8-5-12-9-10-3-2-6-13(10)7-4-11/h2-3,6,12H,5,7-9H2,1H3. The first-order valence-corrected chi connectivity index (χ1v) is 4.59. The molecule has 0 radical (unpaired) electrons. The summed E-state index contributed by atoms with van der Waals surface area (Å²) in [6.07, 6.45) is 1.91. The Labute approximate surface area is 84.1 Å². The monoisotopic (exact) mass is 193 g/mol. The number of rotatable bonds is 6. The van der Waals surface area contributed by atoms with Gasteiger partial charge in [-0.15, -0.1) is 0 Å². The van der Waals surface area contributed by atoms with Gasteiger partial charge in [-0.1, -0.05) is 0 Å². The van der Waals surface area contributed by atoms with Crippen molar-refractivity contribution in [1.29, 1.82) is 5.26 Å². The molecular weight excluding hydrogens is 178 g/mol. The van der Waals surface area contributed by atoms with Crippen molar-refractivity contribution in [3.63, 3.8) is 0 Å². The van der Waals surface area contributed by atoms with Crippen LogP contribution in [-0.4, -0.2) is 24.8 Å². The van der Waals surface area contributed by atoms with Crippen LogP contribution in [0.25, 0.3) is 0 Å². The number of nitrogens with zero attached hydrogens (tertiary/aromatic N) is 2. The molecule has 0 aliphatic carbocycles. The lowest BCUT2D eigenvalue weighted by molar-refractivity contribution is 0.199. The van der Waals surface area contributed by atoms with Crippen LogP contribution in [0.1, 0.15) is 5.69 Å². The second-order valence-corrected chi connectivity index (χ2v) is 2.96. The Morgan fingerprint density at radius 3 is 3.21 bits per heavy atom. The van der Waals surface area contributed by atoms with E-state index in [9.17, 15) is 0 Å². The van der Waals surface area contributed by atoms with E-state index in [1.54, 1.807) is 7.11 Å². The van der Waals surface area contributed by atoms with Crippen LogP contribution in [0.4, 0.5) is 0 Å². The Morgan fingerprint density at radius 2 is 2.50 bits per heavy atom. The summed E-state index contributed by atoms with van der Waals surface area (Å²) in [4.78, 5) is 0. The highest BCUT2D eigenvalue weighted by Crippen LogP contribution is 2.00. The van der Waals surface area contributed by atoms with Crippen molar-refractivity contribution in [2.75, 3.05) is 20.3 Å². The average molecular weight is 193 g/mol. The molecule has 1 aromatic rings. The molecule has 1 rings (SSSR count). The molecule has 0 amide bonds. The van der Waals surface area contributed by atoms with Crippen LogP contribution in [0.2, 0.25) is 0 Å². The minimum Gasteiger partial charge on any atom is -0.383 e. The summed E-state index contributed by atoms with van der Waals surface area (Å²) in [5.41, 5.74) is 1.13. The fraction of sp³-hybridized carbons (Fsp3) is 0.500.